The highest BCUT2D eigenvalue weighted by Gasteiger charge is 2.47. The molecule has 21 heteroatoms. The van der Waals surface area contributed by atoms with E-state index in [0.717, 1.165) is 0 Å². The fraction of sp³-hybridized carbons (Fsp3) is 0.474. The van der Waals surface area contributed by atoms with Gasteiger partial charge in [-0.3, -0.25) is 46.4 Å². The van der Waals surface area contributed by atoms with Gasteiger partial charge in [0.15, 0.2) is 6.10 Å². The van der Waals surface area contributed by atoms with Gasteiger partial charge in [0.2, 0.25) is 0 Å². The van der Waals surface area contributed by atoms with E-state index in [9.17, 15) is 52.7 Å². The summed E-state index contributed by atoms with van der Waals surface area (Å²) in [5, 5.41) is 38.6. The number of benzene rings is 1. The molecule has 0 aromatic heterocycles. The molecule has 0 spiro atoms. The van der Waals surface area contributed by atoms with Crippen LogP contribution in [0.4, 0.5) is 0 Å². The predicted octanol–water partition coefficient (Wildman–Crippen LogP) is -0.697. The summed E-state index contributed by atoms with van der Waals surface area (Å²) in [5.74, 6) is -7.11. The number of carbonyl (C=O) groups excluding carboxylic acids is 1. The van der Waals surface area contributed by atoms with Crippen molar-refractivity contribution in [2.45, 2.75) is 24.7 Å². The molecule has 8 N–H and O–H groups in total. The smallest absolute Gasteiger partial charge is 0.340 e. The zero-order valence-corrected chi connectivity index (χ0v) is 23.1. The van der Waals surface area contributed by atoms with Gasteiger partial charge >= 0.3 is 40.7 Å². The zero-order valence-electron chi connectivity index (χ0n) is 20.4. The van der Waals surface area contributed by atoms with Crippen LogP contribution in [0.15, 0.2) is 30.3 Å². The van der Waals surface area contributed by atoms with E-state index in [1.165, 1.54) is 0 Å². The van der Waals surface area contributed by atoms with E-state index in [1.807, 2.05) is 0 Å². The van der Waals surface area contributed by atoms with E-state index in [1.54, 1.807) is 30.3 Å². The van der Waals surface area contributed by atoms with Crippen LogP contribution in [0.2, 0.25) is 0 Å². The molecule has 0 aliphatic carbocycles. The number of amides is 1. The fourth-order valence-electron chi connectivity index (χ4n) is 3.05. The molecule has 0 aliphatic rings. The summed E-state index contributed by atoms with van der Waals surface area (Å²) in [6, 6.07) is 8.40. The van der Waals surface area contributed by atoms with Gasteiger partial charge in [-0.05, 0) is 12.0 Å². The molecule has 0 saturated heterocycles. The Labute approximate surface area is 226 Å². The number of hydrogen-bond donors (Lipinski definition) is 8. The molecular weight excluding hydrogens is 607 g/mol. The molecule has 1 aromatic carbocycles. The van der Waals surface area contributed by atoms with Gasteiger partial charge in [-0.25, -0.2) is 0 Å². The average Bonchev–Trinajstić information content (AvgIpc) is 2.78. The first-order valence-electron chi connectivity index (χ1n) is 10.9. The van der Waals surface area contributed by atoms with Crippen molar-refractivity contribution in [2.24, 2.45) is 0 Å². The average molecular weight is 635 g/mol. The summed E-state index contributed by atoms with van der Waals surface area (Å²) in [6.07, 6.45) is -12.4. The highest BCUT2D eigenvalue weighted by Crippen LogP contribution is 2.50. The van der Waals surface area contributed by atoms with E-state index in [4.69, 9.17) is 24.4 Å². The normalized spacial score (nSPS) is 18.2. The Kier molecular flexibility index (Phi) is 13.8. The number of carbonyl (C=O) groups is 4. The largest absolute Gasteiger partial charge is 0.481 e. The molecule has 1 amide bonds. The molecule has 1 rings (SSSR count). The van der Waals surface area contributed by atoms with Crippen LogP contribution in [0.5, 0.6) is 0 Å². The molecule has 40 heavy (non-hydrogen) atoms. The Balaban J connectivity index is 3.51. The number of aliphatic carboxylic acids is 3. The molecule has 3 unspecified atom stereocenters. The first-order chi connectivity index (χ1) is 18.4. The third-order valence-electron chi connectivity index (χ3n) is 4.53. The maximum atomic E-state index is 13.1. The van der Waals surface area contributed by atoms with Crippen molar-refractivity contribution in [3.63, 3.8) is 0 Å². The highest BCUT2D eigenvalue weighted by atomic mass is 31.2. The number of carboxylic acid groups (broad SMARTS) is 3. The molecule has 18 nitrogen and oxygen atoms in total. The maximum absolute atomic E-state index is 13.1. The molecule has 0 aliphatic heterocycles. The number of nitrogens with one attached hydrogen (secondary N) is 1. The van der Waals surface area contributed by atoms with Gasteiger partial charge in [-0.2, -0.15) is 0 Å². The lowest BCUT2D eigenvalue weighted by molar-refractivity contribution is -0.140. The van der Waals surface area contributed by atoms with E-state index >= 15 is 0 Å². The Bertz CT molecular complexity index is 1190. The Morgan fingerprint density at radius 2 is 1.20 bits per heavy atom. The summed E-state index contributed by atoms with van der Waals surface area (Å²) in [5.41, 5.74) is 0.694. The molecule has 0 heterocycles. The number of hydrogen-bond acceptors (Lipinski definition) is 11. The number of aliphatic hydroxyl groups excluding tert-OH is 1. The molecule has 0 bridgehead atoms. The third kappa shape index (κ3) is 13.7. The third-order valence-corrected chi connectivity index (χ3v) is 8.27. The van der Waals surface area contributed by atoms with Crippen LogP contribution < -0.4 is 5.32 Å². The van der Waals surface area contributed by atoms with Crippen LogP contribution in [0.3, 0.4) is 0 Å². The van der Waals surface area contributed by atoms with Crippen LogP contribution in [-0.4, -0.2) is 109 Å². The van der Waals surface area contributed by atoms with Crippen molar-refractivity contribution < 1.29 is 81.6 Å². The first-order valence-corrected chi connectivity index (χ1v) is 16.2. The van der Waals surface area contributed by atoms with E-state index < -0.39 is 90.0 Å². The second kappa shape index (κ2) is 15.5. The SMILES string of the molecule is O=C(O)CP(=O)(O)O[C@H]([C@H](OP(=O)(O)CC(=O)O)C(=O)NCCc1ccccc1)[C@@H](CO)OP(=O)(O)CC(=O)O. The summed E-state index contributed by atoms with van der Waals surface area (Å²) >= 11 is 0. The van der Waals surface area contributed by atoms with Crippen LogP contribution in [0.1, 0.15) is 5.56 Å². The molecule has 0 radical (unpaired) electrons. The second-order valence-corrected chi connectivity index (χ2v) is 13.4. The van der Waals surface area contributed by atoms with Gasteiger partial charge in [-0.1, -0.05) is 30.3 Å². The van der Waals surface area contributed by atoms with Gasteiger partial charge in [0.25, 0.3) is 5.91 Å². The zero-order chi connectivity index (χ0) is 30.7. The Morgan fingerprint density at radius 3 is 1.65 bits per heavy atom. The van der Waals surface area contributed by atoms with Crippen molar-refractivity contribution in [3.8, 4) is 0 Å². The number of aliphatic hydroxyl groups is 1. The van der Waals surface area contributed by atoms with Gasteiger partial charge in [-0.15, -0.1) is 0 Å². The molecule has 226 valence electrons. The maximum Gasteiger partial charge on any atom is 0.340 e. The molecule has 1 aromatic rings. The van der Waals surface area contributed by atoms with Gasteiger partial charge in [0.05, 0.1) is 6.61 Å². The summed E-state index contributed by atoms with van der Waals surface area (Å²) in [7, 11) is -15.9. The number of rotatable bonds is 19. The first kappa shape index (κ1) is 35.5. The van der Waals surface area contributed by atoms with Crippen LogP contribution in [0, 0.1) is 0 Å². The van der Waals surface area contributed by atoms with Crippen molar-refractivity contribution in [1.29, 1.82) is 0 Å². The van der Waals surface area contributed by atoms with E-state index in [-0.39, 0.29) is 13.0 Å². The van der Waals surface area contributed by atoms with Crippen molar-refractivity contribution in [1.82, 2.24) is 5.32 Å². The highest BCUT2D eigenvalue weighted by molar-refractivity contribution is 7.54. The van der Waals surface area contributed by atoms with E-state index in [2.05, 4.69) is 9.84 Å². The van der Waals surface area contributed by atoms with Crippen LogP contribution in [0.25, 0.3) is 0 Å². The molecule has 0 fully saturated rings. The summed E-state index contributed by atoms with van der Waals surface area (Å²) < 4.78 is 51.2. The monoisotopic (exact) mass is 635 g/mol. The van der Waals surface area contributed by atoms with Crippen molar-refractivity contribution in [3.05, 3.63) is 35.9 Å². The molecule has 0 saturated carbocycles. The lowest BCUT2D eigenvalue weighted by Crippen LogP contribution is -2.51. The van der Waals surface area contributed by atoms with Gasteiger partial charge < -0.3 is 40.4 Å². The minimum atomic E-state index is -5.35. The number of carboxylic acids is 3. The molecular formula is C19H28NO17P3. The van der Waals surface area contributed by atoms with Gasteiger partial charge in [0.1, 0.15) is 30.7 Å². The lowest BCUT2D eigenvalue weighted by Gasteiger charge is -2.33. The van der Waals surface area contributed by atoms with Crippen molar-refractivity contribution >= 4 is 46.6 Å². The Hall–Kier alpha value is -2.49. The van der Waals surface area contributed by atoms with Crippen molar-refractivity contribution in [2.75, 3.05) is 31.6 Å². The van der Waals surface area contributed by atoms with Crippen LogP contribution in [-0.2, 0) is 52.9 Å². The Morgan fingerprint density at radius 1 is 0.750 bits per heavy atom. The topological polar surface area (TPSA) is 301 Å². The van der Waals surface area contributed by atoms with Gasteiger partial charge in [0, 0.05) is 6.54 Å². The quantitative estimate of drug-likeness (QED) is 0.0872. The summed E-state index contributed by atoms with van der Waals surface area (Å²) in [6.45, 7) is -1.70. The lowest BCUT2D eigenvalue weighted by atomic mass is 10.1. The summed E-state index contributed by atoms with van der Waals surface area (Å²) in [4.78, 5) is 75.9. The van der Waals surface area contributed by atoms with E-state index in [0.29, 0.717) is 5.56 Å². The second-order valence-electron chi connectivity index (χ2n) is 8.02. The fourth-order valence-corrected chi connectivity index (χ4v) is 6.11. The predicted molar refractivity (Wildman–Crippen MR) is 132 cm³/mol. The minimum absolute atomic E-state index is 0.151. The van der Waals surface area contributed by atoms with Crippen LogP contribution >= 0.6 is 22.8 Å². The minimum Gasteiger partial charge on any atom is -0.481 e. The standard InChI is InChI=1S/C19H28NO17P3/c21-8-13(35-38(29,30)9-14(22)23)17(36-39(31,32)10-15(24)25)18(37-40(33,34)11-16(26)27)19(28)20-7-6-12-4-2-1-3-5-12/h1-5,13,17-18,21H,6-11H2,(H,20,28)(H,22,23)(H,24,25)(H,26,27)(H,29,30)(H,31,32)(H,33,34)/t13-,17+,18+/m1/s1. The molecule has 6 atom stereocenters.